The number of hydrogen-bond acceptors (Lipinski definition) is 3. The van der Waals surface area contributed by atoms with Crippen LogP contribution >= 0.6 is 11.3 Å². The average Bonchev–Trinajstić information content (AvgIpc) is 2.72. The van der Waals surface area contributed by atoms with Crippen molar-refractivity contribution in [3.05, 3.63) is 51.5 Å². The Morgan fingerprint density at radius 1 is 1.33 bits per heavy atom. The van der Waals surface area contributed by atoms with Crippen molar-refractivity contribution in [3.8, 4) is 0 Å². The van der Waals surface area contributed by atoms with Gasteiger partial charge < -0.3 is 5.73 Å². The van der Waals surface area contributed by atoms with Gasteiger partial charge in [0, 0.05) is 10.9 Å². The molecule has 2 aromatic rings. The van der Waals surface area contributed by atoms with Gasteiger partial charge in [0.2, 0.25) is 0 Å². The lowest BCUT2D eigenvalue weighted by Crippen LogP contribution is -2.23. The summed E-state index contributed by atoms with van der Waals surface area (Å²) in [5.41, 5.74) is 11.9. The Bertz CT molecular complexity index is 505. The Labute approximate surface area is 113 Å². The van der Waals surface area contributed by atoms with Gasteiger partial charge in [0.25, 0.3) is 0 Å². The molecule has 96 valence electrons. The van der Waals surface area contributed by atoms with Crippen molar-refractivity contribution in [1.82, 2.24) is 4.98 Å². The minimum absolute atomic E-state index is 0.230. The molecular weight excluding hydrogens is 240 g/mol. The van der Waals surface area contributed by atoms with E-state index in [1.807, 2.05) is 5.51 Å². The molecule has 1 heterocycles. The normalized spacial score (nSPS) is 12.6. The maximum Gasteiger partial charge on any atom is 0.0797 e. The van der Waals surface area contributed by atoms with Gasteiger partial charge in [0.05, 0.1) is 11.2 Å². The van der Waals surface area contributed by atoms with E-state index in [0.29, 0.717) is 0 Å². The highest BCUT2D eigenvalue weighted by molar-refractivity contribution is 7.09. The van der Waals surface area contributed by atoms with Gasteiger partial charge >= 0.3 is 0 Å². The summed E-state index contributed by atoms with van der Waals surface area (Å²) in [7, 11) is 0. The van der Waals surface area contributed by atoms with E-state index in [1.165, 1.54) is 16.0 Å². The van der Waals surface area contributed by atoms with E-state index in [1.54, 1.807) is 11.3 Å². The van der Waals surface area contributed by atoms with Crippen LogP contribution in [0.2, 0.25) is 0 Å². The third kappa shape index (κ3) is 3.65. The first-order valence-electron chi connectivity index (χ1n) is 6.35. The first-order chi connectivity index (χ1) is 8.65. The number of hydrogen-bond donors (Lipinski definition) is 1. The van der Waals surface area contributed by atoms with Gasteiger partial charge in [-0.1, -0.05) is 29.8 Å². The molecule has 1 unspecified atom stereocenters. The fourth-order valence-electron chi connectivity index (χ4n) is 2.13. The zero-order valence-corrected chi connectivity index (χ0v) is 11.8. The molecule has 0 aliphatic heterocycles. The van der Waals surface area contributed by atoms with Crippen LogP contribution in [0.3, 0.4) is 0 Å². The third-order valence-electron chi connectivity index (χ3n) is 3.17. The standard InChI is InChI=1S/C15H20N2S/c1-11-4-3-5-13(8-11)9-14(16)6-7-15-12(2)17-10-18-15/h3-5,8,10,14H,6-7,9,16H2,1-2H3. The fourth-order valence-corrected chi connectivity index (χ4v) is 2.92. The van der Waals surface area contributed by atoms with E-state index in [2.05, 4.69) is 43.1 Å². The average molecular weight is 260 g/mol. The summed E-state index contributed by atoms with van der Waals surface area (Å²) in [6, 6.07) is 8.83. The number of rotatable bonds is 5. The summed E-state index contributed by atoms with van der Waals surface area (Å²) in [6.45, 7) is 4.19. The van der Waals surface area contributed by atoms with Gasteiger partial charge in [-0.25, -0.2) is 4.98 Å². The Morgan fingerprint density at radius 3 is 2.83 bits per heavy atom. The molecule has 1 aromatic carbocycles. The molecule has 0 spiro atoms. The molecule has 2 nitrogen and oxygen atoms in total. The highest BCUT2D eigenvalue weighted by Crippen LogP contribution is 2.16. The lowest BCUT2D eigenvalue weighted by molar-refractivity contribution is 0.612. The predicted octanol–water partition coefficient (Wildman–Crippen LogP) is 3.26. The number of thiazole rings is 1. The number of nitrogens with two attached hydrogens (primary N) is 1. The van der Waals surface area contributed by atoms with Crippen LogP contribution in [-0.2, 0) is 12.8 Å². The summed E-state index contributed by atoms with van der Waals surface area (Å²) in [5, 5.41) is 0. The summed E-state index contributed by atoms with van der Waals surface area (Å²) >= 11 is 1.73. The molecule has 0 fully saturated rings. The fraction of sp³-hybridized carbons (Fsp3) is 0.400. The van der Waals surface area contributed by atoms with E-state index in [4.69, 9.17) is 5.73 Å². The van der Waals surface area contributed by atoms with Crippen LogP contribution in [0.25, 0.3) is 0 Å². The number of benzene rings is 1. The van der Waals surface area contributed by atoms with Crippen LogP contribution in [0.5, 0.6) is 0 Å². The predicted molar refractivity (Wildman–Crippen MR) is 78.0 cm³/mol. The second-order valence-electron chi connectivity index (χ2n) is 4.85. The van der Waals surface area contributed by atoms with Crippen molar-refractivity contribution in [2.45, 2.75) is 39.2 Å². The van der Waals surface area contributed by atoms with Crippen molar-refractivity contribution in [3.63, 3.8) is 0 Å². The SMILES string of the molecule is Cc1cccc(CC(N)CCc2scnc2C)c1. The molecule has 2 rings (SSSR count). The molecule has 0 amide bonds. The molecule has 1 atom stereocenters. The first-order valence-corrected chi connectivity index (χ1v) is 7.23. The Kier molecular flexibility index (Phi) is 4.50. The molecule has 0 bridgehead atoms. The monoisotopic (exact) mass is 260 g/mol. The molecular formula is C15H20N2S. The summed E-state index contributed by atoms with van der Waals surface area (Å²) in [6.07, 6.45) is 3.03. The van der Waals surface area contributed by atoms with Gasteiger partial charge in [-0.05, 0) is 38.7 Å². The van der Waals surface area contributed by atoms with Crippen LogP contribution in [0, 0.1) is 13.8 Å². The first kappa shape index (κ1) is 13.2. The Hall–Kier alpha value is -1.19. The van der Waals surface area contributed by atoms with Crippen LogP contribution < -0.4 is 5.73 Å². The zero-order chi connectivity index (χ0) is 13.0. The third-order valence-corrected chi connectivity index (χ3v) is 4.16. The molecule has 2 N–H and O–H groups in total. The van der Waals surface area contributed by atoms with E-state index in [-0.39, 0.29) is 6.04 Å². The summed E-state index contributed by atoms with van der Waals surface area (Å²) in [4.78, 5) is 5.64. The largest absolute Gasteiger partial charge is 0.327 e. The van der Waals surface area contributed by atoms with Crippen molar-refractivity contribution in [2.75, 3.05) is 0 Å². The number of aromatic nitrogens is 1. The van der Waals surface area contributed by atoms with E-state index in [9.17, 15) is 0 Å². The van der Waals surface area contributed by atoms with Crippen molar-refractivity contribution < 1.29 is 0 Å². The molecule has 3 heteroatoms. The Morgan fingerprint density at radius 2 is 2.17 bits per heavy atom. The lowest BCUT2D eigenvalue weighted by atomic mass is 10.0. The van der Waals surface area contributed by atoms with Gasteiger partial charge in [-0.2, -0.15) is 0 Å². The molecule has 0 aliphatic carbocycles. The minimum Gasteiger partial charge on any atom is -0.327 e. The van der Waals surface area contributed by atoms with Gasteiger partial charge in [0.15, 0.2) is 0 Å². The zero-order valence-electron chi connectivity index (χ0n) is 11.0. The second kappa shape index (κ2) is 6.12. The summed E-state index contributed by atoms with van der Waals surface area (Å²) in [5.74, 6) is 0. The smallest absolute Gasteiger partial charge is 0.0797 e. The van der Waals surface area contributed by atoms with Gasteiger partial charge in [-0.15, -0.1) is 11.3 Å². The molecule has 18 heavy (non-hydrogen) atoms. The lowest BCUT2D eigenvalue weighted by Gasteiger charge is -2.11. The Balaban J connectivity index is 1.86. The number of aryl methyl sites for hydroxylation is 3. The van der Waals surface area contributed by atoms with E-state index < -0.39 is 0 Å². The van der Waals surface area contributed by atoms with E-state index in [0.717, 1.165) is 25.0 Å². The topological polar surface area (TPSA) is 38.9 Å². The van der Waals surface area contributed by atoms with Crippen LogP contribution in [0.4, 0.5) is 0 Å². The highest BCUT2D eigenvalue weighted by atomic mass is 32.1. The molecule has 0 radical (unpaired) electrons. The quantitative estimate of drug-likeness (QED) is 0.896. The molecule has 0 saturated heterocycles. The summed E-state index contributed by atoms with van der Waals surface area (Å²) < 4.78 is 0. The van der Waals surface area contributed by atoms with Crippen molar-refractivity contribution >= 4 is 11.3 Å². The van der Waals surface area contributed by atoms with Gasteiger partial charge in [0.1, 0.15) is 0 Å². The maximum atomic E-state index is 6.21. The van der Waals surface area contributed by atoms with E-state index >= 15 is 0 Å². The maximum absolute atomic E-state index is 6.21. The molecule has 1 aromatic heterocycles. The second-order valence-corrected chi connectivity index (χ2v) is 5.79. The van der Waals surface area contributed by atoms with Crippen molar-refractivity contribution in [1.29, 1.82) is 0 Å². The minimum atomic E-state index is 0.230. The van der Waals surface area contributed by atoms with Gasteiger partial charge in [-0.3, -0.25) is 0 Å². The highest BCUT2D eigenvalue weighted by Gasteiger charge is 2.07. The number of nitrogens with zero attached hydrogens (tertiary/aromatic N) is 1. The van der Waals surface area contributed by atoms with Crippen molar-refractivity contribution in [2.24, 2.45) is 5.73 Å². The van der Waals surface area contributed by atoms with Crippen LogP contribution in [0.1, 0.15) is 28.1 Å². The molecule has 0 saturated carbocycles. The van der Waals surface area contributed by atoms with Crippen LogP contribution in [0.15, 0.2) is 29.8 Å². The van der Waals surface area contributed by atoms with Crippen LogP contribution in [-0.4, -0.2) is 11.0 Å². The molecule has 0 aliphatic rings.